The second-order valence-electron chi connectivity index (χ2n) is 5.69. The van der Waals surface area contributed by atoms with Gasteiger partial charge in [0.05, 0.1) is 29.0 Å². The van der Waals surface area contributed by atoms with E-state index < -0.39 is 23.2 Å². The van der Waals surface area contributed by atoms with E-state index in [9.17, 15) is 23.1 Å². The van der Waals surface area contributed by atoms with Crippen LogP contribution in [0.4, 0.5) is 24.5 Å². The lowest BCUT2D eigenvalue weighted by Gasteiger charge is -2.32. The van der Waals surface area contributed by atoms with Crippen LogP contribution in [0.5, 0.6) is 0 Å². The van der Waals surface area contributed by atoms with Crippen LogP contribution in [0.3, 0.4) is 0 Å². The van der Waals surface area contributed by atoms with Gasteiger partial charge in [-0.15, -0.1) is 0 Å². The molecule has 0 spiro atoms. The van der Waals surface area contributed by atoms with Gasteiger partial charge in [-0.25, -0.2) is 0 Å². The largest absolute Gasteiger partial charge is 0.416 e. The number of carbonyl (C=O) groups is 1. The zero-order valence-electron chi connectivity index (χ0n) is 11.8. The molecule has 0 aromatic heterocycles. The molecule has 1 heterocycles. The maximum absolute atomic E-state index is 12.8. The van der Waals surface area contributed by atoms with Gasteiger partial charge in [0.1, 0.15) is 0 Å². The fraction of sp³-hybridized carbons (Fsp3) is 0.500. The van der Waals surface area contributed by atoms with Crippen LogP contribution in [-0.4, -0.2) is 29.7 Å². The average Bonchev–Trinajstić information content (AvgIpc) is 2.34. The molecule has 116 valence electrons. The minimum Gasteiger partial charge on any atom is -0.390 e. The van der Waals surface area contributed by atoms with Crippen molar-refractivity contribution in [2.45, 2.75) is 32.0 Å². The molecule has 1 aromatic rings. The molecule has 21 heavy (non-hydrogen) atoms. The predicted molar refractivity (Wildman–Crippen MR) is 73.2 cm³/mol. The van der Waals surface area contributed by atoms with E-state index in [1.54, 1.807) is 0 Å². The van der Waals surface area contributed by atoms with Crippen molar-refractivity contribution in [3.63, 3.8) is 0 Å². The van der Waals surface area contributed by atoms with Gasteiger partial charge in [0, 0.05) is 13.1 Å². The number of hydrogen-bond donors (Lipinski definition) is 2. The van der Waals surface area contributed by atoms with E-state index in [1.165, 1.54) is 24.8 Å². The first-order valence-corrected chi connectivity index (χ1v) is 6.56. The van der Waals surface area contributed by atoms with Crippen LogP contribution in [0.2, 0.25) is 0 Å². The minimum absolute atomic E-state index is 0.150. The SMILES string of the molecule is CC(C)(O)CC(=O)N1CCNc2ccc(C(F)(F)F)cc21. The highest BCUT2D eigenvalue weighted by Gasteiger charge is 2.33. The highest BCUT2D eigenvalue weighted by atomic mass is 19.4. The second kappa shape index (κ2) is 5.22. The number of nitrogens with zero attached hydrogens (tertiary/aromatic N) is 1. The molecule has 1 aliphatic heterocycles. The summed E-state index contributed by atoms with van der Waals surface area (Å²) >= 11 is 0. The summed E-state index contributed by atoms with van der Waals surface area (Å²) in [5.41, 5.74) is -1.32. The molecule has 0 radical (unpaired) electrons. The molecule has 1 aliphatic rings. The van der Waals surface area contributed by atoms with Crippen molar-refractivity contribution in [1.82, 2.24) is 0 Å². The second-order valence-corrected chi connectivity index (χ2v) is 5.69. The van der Waals surface area contributed by atoms with Gasteiger partial charge in [-0.2, -0.15) is 13.2 Å². The summed E-state index contributed by atoms with van der Waals surface area (Å²) in [4.78, 5) is 13.5. The Kier molecular flexibility index (Phi) is 3.88. The van der Waals surface area contributed by atoms with Crippen molar-refractivity contribution in [2.75, 3.05) is 23.3 Å². The number of nitrogens with one attached hydrogen (secondary N) is 1. The molecule has 0 fully saturated rings. The van der Waals surface area contributed by atoms with Crippen LogP contribution in [0.25, 0.3) is 0 Å². The monoisotopic (exact) mass is 302 g/mol. The molecule has 7 heteroatoms. The van der Waals surface area contributed by atoms with E-state index in [1.807, 2.05) is 0 Å². The third-order valence-electron chi connectivity index (χ3n) is 3.15. The Morgan fingerprint density at radius 3 is 2.62 bits per heavy atom. The molecule has 2 N–H and O–H groups in total. The number of carbonyl (C=O) groups excluding carboxylic acids is 1. The van der Waals surface area contributed by atoms with Crippen molar-refractivity contribution in [1.29, 1.82) is 0 Å². The number of rotatable bonds is 2. The lowest BCUT2D eigenvalue weighted by Crippen LogP contribution is -2.42. The zero-order valence-corrected chi connectivity index (χ0v) is 11.8. The highest BCUT2D eigenvalue weighted by molar-refractivity contribution is 5.98. The fourth-order valence-corrected chi connectivity index (χ4v) is 2.23. The molecule has 0 saturated heterocycles. The Morgan fingerprint density at radius 1 is 1.38 bits per heavy atom. The van der Waals surface area contributed by atoms with Gasteiger partial charge in [-0.1, -0.05) is 0 Å². The van der Waals surface area contributed by atoms with Gasteiger partial charge in [0.25, 0.3) is 0 Å². The van der Waals surface area contributed by atoms with Crippen molar-refractivity contribution in [3.8, 4) is 0 Å². The molecule has 0 bridgehead atoms. The van der Waals surface area contributed by atoms with Gasteiger partial charge in [-0.05, 0) is 32.0 Å². The Hall–Kier alpha value is -1.76. The first kappa shape index (κ1) is 15.6. The van der Waals surface area contributed by atoms with E-state index in [2.05, 4.69) is 5.32 Å². The van der Waals surface area contributed by atoms with Crippen molar-refractivity contribution < 1.29 is 23.1 Å². The Morgan fingerprint density at radius 2 is 2.05 bits per heavy atom. The Balaban J connectivity index is 2.35. The van der Waals surface area contributed by atoms with E-state index in [4.69, 9.17) is 0 Å². The topological polar surface area (TPSA) is 52.6 Å². The minimum atomic E-state index is -4.46. The maximum atomic E-state index is 12.8. The average molecular weight is 302 g/mol. The van der Waals surface area contributed by atoms with Crippen LogP contribution in [0.1, 0.15) is 25.8 Å². The summed E-state index contributed by atoms with van der Waals surface area (Å²) in [5, 5.41) is 12.7. The number of aliphatic hydroxyl groups is 1. The summed E-state index contributed by atoms with van der Waals surface area (Å²) < 4.78 is 38.4. The van der Waals surface area contributed by atoms with E-state index in [0.717, 1.165) is 12.1 Å². The van der Waals surface area contributed by atoms with Gasteiger partial charge < -0.3 is 15.3 Å². The van der Waals surface area contributed by atoms with Gasteiger partial charge in [0.15, 0.2) is 0 Å². The molecular formula is C14H17F3N2O2. The van der Waals surface area contributed by atoms with Crippen LogP contribution >= 0.6 is 0 Å². The summed E-state index contributed by atoms with van der Waals surface area (Å²) in [5.74, 6) is -0.399. The van der Waals surface area contributed by atoms with Crippen molar-refractivity contribution >= 4 is 17.3 Å². The van der Waals surface area contributed by atoms with Gasteiger partial charge in [0.2, 0.25) is 5.91 Å². The van der Waals surface area contributed by atoms with Crippen LogP contribution < -0.4 is 10.2 Å². The van der Waals surface area contributed by atoms with Gasteiger partial charge >= 0.3 is 6.18 Å². The third kappa shape index (κ3) is 3.66. The van der Waals surface area contributed by atoms with Crippen molar-refractivity contribution in [2.24, 2.45) is 0 Å². The summed E-state index contributed by atoms with van der Waals surface area (Å²) in [6.45, 7) is 3.69. The molecular weight excluding hydrogens is 285 g/mol. The number of hydrogen-bond acceptors (Lipinski definition) is 3. The maximum Gasteiger partial charge on any atom is 0.416 e. The van der Waals surface area contributed by atoms with Gasteiger partial charge in [-0.3, -0.25) is 4.79 Å². The lowest BCUT2D eigenvalue weighted by molar-refractivity contribution is -0.137. The number of halogens is 3. The normalized spacial score (nSPS) is 15.4. The fourth-order valence-electron chi connectivity index (χ4n) is 2.23. The first-order chi connectivity index (χ1) is 9.58. The van der Waals surface area contributed by atoms with Crippen LogP contribution in [-0.2, 0) is 11.0 Å². The Labute approximate surface area is 120 Å². The van der Waals surface area contributed by atoms with Crippen LogP contribution in [0.15, 0.2) is 18.2 Å². The molecule has 1 aromatic carbocycles. The number of fused-ring (bicyclic) bond motifs is 1. The highest BCUT2D eigenvalue weighted by Crippen LogP contribution is 2.37. The summed E-state index contributed by atoms with van der Waals surface area (Å²) in [7, 11) is 0. The van der Waals surface area contributed by atoms with Crippen molar-refractivity contribution in [3.05, 3.63) is 23.8 Å². The first-order valence-electron chi connectivity index (χ1n) is 6.56. The standard InChI is InChI=1S/C14H17F3N2O2/c1-13(2,21)8-12(20)19-6-5-18-10-4-3-9(7-11(10)19)14(15,16)17/h3-4,7,18,21H,5-6,8H2,1-2H3. The van der Waals surface area contributed by atoms with Crippen LogP contribution in [0, 0.1) is 0 Å². The van der Waals surface area contributed by atoms with E-state index in [-0.39, 0.29) is 18.7 Å². The lowest BCUT2D eigenvalue weighted by atomic mass is 10.0. The molecule has 4 nitrogen and oxygen atoms in total. The molecule has 2 rings (SSSR count). The number of anilines is 2. The third-order valence-corrected chi connectivity index (χ3v) is 3.15. The summed E-state index contributed by atoms with van der Waals surface area (Å²) in [6.07, 6.45) is -4.61. The molecule has 0 atom stereocenters. The number of benzene rings is 1. The number of alkyl halides is 3. The molecule has 0 aliphatic carbocycles. The van der Waals surface area contributed by atoms with E-state index in [0.29, 0.717) is 12.2 Å². The molecule has 0 saturated carbocycles. The Bertz CT molecular complexity index is 550. The zero-order chi connectivity index (χ0) is 15.8. The van der Waals surface area contributed by atoms with E-state index >= 15 is 0 Å². The summed E-state index contributed by atoms with van der Waals surface area (Å²) in [6, 6.07) is 3.27. The number of amides is 1. The quantitative estimate of drug-likeness (QED) is 0.883. The predicted octanol–water partition coefficient (Wildman–Crippen LogP) is 2.62. The smallest absolute Gasteiger partial charge is 0.390 e. The molecule has 0 unspecified atom stereocenters. The molecule has 1 amide bonds.